The molecule has 0 spiro atoms. The fourth-order valence-corrected chi connectivity index (χ4v) is 3.74. The summed E-state index contributed by atoms with van der Waals surface area (Å²) in [5, 5.41) is 2.35. The van der Waals surface area contributed by atoms with Gasteiger partial charge in [0.1, 0.15) is 5.03 Å². The van der Waals surface area contributed by atoms with Gasteiger partial charge in [-0.3, -0.25) is 9.69 Å². The zero-order valence-electron chi connectivity index (χ0n) is 16.1. The SMILES string of the molecule is CN1CCN(Cc2cccc(CNC(=O)c3cccnc3SC(F)(F)F)c2)CC1. The molecule has 0 unspecified atom stereocenters. The summed E-state index contributed by atoms with van der Waals surface area (Å²) in [5.41, 5.74) is -2.53. The summed E-state index contributed by atoms with van der Waals surface area (Å²) < 4.78 is 38.0. The average molecular weight is 424 g/mol. The maximum atomic E-state index is 12.7. The van der Waals surface area contributed by atoms with Gasteiger partial charge in [-0.25, -0.2) is 4.98 Å². The van der Waals surface area contributed by atoms with Gasteiger partial charge in [0, 0.05) is 57.2 Å². The number of rotatable bonds is 6. The number of halogens is 3. The molecule has 0 atom stereocenters. The third-order valence-electron chi connectivity index (χ3n) is 4.67. The van der Waals surface area contributed by atoms with Crippen molar-refractivity contribution in [3.8, 4) is 0 Å². The van der Waals surface area contributed by atoms with Crippen molar-refractivity contribution in [2.45, 2.75) is 23.6 Å². The molecule has 1 aromatic carbocycles. The maximum absolute atomic E-state index is 12.7. The van der Waals surface area contributed by atoms with E-state index in [1.807, 2.05) is 24.3 Å². The van der Waals surface area contributed by atoms with Crippen LogP contribution < -0.4 is 5.32 Å². The van der Waals surface area contributed by atoms with Crippen molar-refractivity contribution in [1.29, 1.82) is 0 Å². The minimum atomic E-state index is -4.50. The first-order valence-electron chi connectivity index (χ1n) is 9.28. The summed E-state index contributed by atoms with van der Waals surface area (Å²) >= 11 is -0.382. The summed E-state index contributed by atoms with van der Waals surface area (Å²) in [7, 11) is 2.11. The van der Waals surface area contributed by atoms with E-state index in [4.69, 9.17) is 0 Å². The number of piperazine rings is 1. The molecule has 5 nitrogen and oxygen atoms in total. The second-order valence-corrected chi connectivity index (χ2v) is 8.04. The van der Waals surface area contributed by atoms with Crippen LogP contribution in [0.5, 0.6) is 0 Å². The van der Waals surface area contributed by atoms with Crippen molar-refractivity contribution in [3.05, 3.63) is 59.3 Å². The van der Waals surface area contributed by atoms with Crippen LogP contribution in [-0.2, 0) is 13.1 Å². The number of likely N-dealkylation sites (N-methyl/N-ethyl adjacent to an activating group) is 1. The van der Waals surface area contributed by atoms with Crippen LogP contribution in [0.2, 0.25) is 0 Å². The summed E-state index contributed by atoms with van der Waals surface area (Å²) in [6.07, 6.45) is 1.24. The Labute approximate surface area is 172 Å². The monoisotopic (exact) mass is 424 g/mol. The molecule has 1 aliphatic heterocycles. The van der Waals surface area contributed by atoms with Gasteiger partial charge in [0.15, 0.2) is 0 Å². The molecule has 1 fully saturated rings. The van der Waals surface area contributed by atoms with Crippen LogP contribution in [0, 0.1) is 0 Å². The molecule has 1 amide bonds. The van der Waals surface area contributed by atoms with Crippen LogP contribution in [0.1, 0.15) is 21.5 Å². The van der Waals surface area contributed by atoms with E-state index in [-0.39, 0.29) is 28.9 Å². The molecule has 1 N–H and O–H groups in total. The van der Waals surface area contributed by atoms with Gasteiger partial charge in [0.2, 0.25) is 0 Å². The van der Waals surface area contributed by atoms with E-state index in [0.717, 1.165) is 43.9 Å². The second-order valence-electron chi connectivity index (χ2n) is 6.99. The number of nitrogens with one attached hydrogen (secondary N) is 1. The highest BCUT2D eigenvalue weighted by Crippen LogP contribution is 2.37. The number of carbonyl (C=O) groups excluding carboxylic acids is 1. The van der Waals surface area contributed by atoms with Gasteiger partial charge in [-0.05, 0) is 30.3 Å². The Bertz CT molecular complexity index is 838. The Morgan fingerprint density at radius 2 is 1.86 bits per heavy atom. The lowest BCUT2D eigenvalue weighted by atomic mass is 10.1. The van der Waals surface area contributed by atoms with Gasteiger partial charge in [0.05, 0.1) is 5.56 Å². The molecule has 1 saturated heterocycles. The van der Waals surface area contributed by atoms with Gasteiger partial charge in [-0.15, -0.1) is 0 Å². The van der Waals surface area contributed by atoms with Crippen molar-refractivity contribution in [3.63, 3.8) is 0 Å². The number of benzene rings is 1. The molecule has 0 aliphatic carbocycles. The summed E-state index contributed by atoms with van der Waals surface area (Å²) in [6, 6.07) is 10.7. The molecule has 9 heteroatoms. The van der Waals surface area contributed by atoms with Crippen LogP contribution in [0.15, 0.2) is 47.6 Å². The van der Waals surface area contributed by atoms with Gasteiger partial charge < -0.3 is 10.2 Å². The molecule has 0 bridgehead atoms. The standard InChI is InChI=1S/C20H23F3N4OS/c1-26-8-10-27(11-9-26)14-16-5-2-4-15(12-16)13-25-18(28)17-6-3-7-24-19(17)29-20(21,22)23/h2-7,12H,8-11,13-14H2,1H3,(H,25,28). The lowest BCUT2D eigenvalue weighted by molar-refractivity contribution is -0.0329. The third-order valence-corrected chi connectivity index (χ3v) is 5.42. The summed E-state index contributed by atoms with van der Waals surface area (Å²) in [6.45, 7) is 5.18. The lowest BCUT2D eigenvalue weighted by Crippen LogP contribution is -2.43. The first-order chi connectivity index (χ1) is 13.8. The van der Waals surface area contributed by atoms with E-state index in [0.29, 0.717) is 0 Å². The zero-order valence-corrected chi connectivity index (χ0v) is 16.9. The first kappa shape index (κ1) is 21.6. The van der Waals surface area contributed by atoms with Crippen LogP contribution in [-0.4, -0.2) is 59.4 Å². The highest BCUT2D eigenvalue weighted by Gasteiger charge is 2.32. The number of amides is 1. The van der Waals surface area contributed by atoms with E-state index in [1.54, 1.807) is 0 Å². The quantitative estimate of drug-likeness (QED) is 0.721. The van der Waals surface area contributed by atoms with Crippen molar-refractivity contribution >= 4 is 17.7 Å². The predicted octanol–water partition coefficient (Wildman–Crippen LogP) is 3.37. The highest BCUT2D eigenvalue weighted by molar-refractivity contribution is 8.00. The molecule has 0 radical (unpaired) electrons. The predicted molar refractivity (Wildman–Crippen MR) is 107 cm³/mol. The Morgan fingerprint density at radius 3 is 2.59 bits per heavy atom. The van der Waals surface area contributed by atoms with Crippen molar-refractivity contribution in [1.82, 2.24) is 20.1 Å². The molecule has 29 heavy (non-hydrogen) atoms. The van der Waals surface area contributed by atoms with Crippen LogP contribution in [0.25, 0.3) is 0 Å². The van der Waals surface area contributed by atoms with Crippen LogP contribution >= 0.6 is 11.8 Å². The smallest absolute Gasteiger partial charge is 0.348 e. The molecule has 1 aromatic heterocycles. The minimum absolute atomic E-state index is 0.0802. The van der Waals surface area contributed by atoms with Crippen molar-refractivity contribution in [2.75, 3.05) is 33.2 Å². The molecule has 0 saturated carbocycles. The average Bonchev–Trinajstić information content (AvgIpc) is 2.67. The fourth-order valence-electron chi connectivity index (χ4n) is 3.13. The van der Waals surface area contributed by atoms with E-state index >= 15 is 0 Å². The first-order valence-corrected chi connectivity index (χ1v) is 10.1. The lowest BCUT2D eigenvalue weighted by Gasteiger charge is -2.32. The number of alkyl halides is 3. The molecule has 2 heterocycles. The second kappa shape index (κ2) is 9.60. The normalized spacial score (nSPS) is 16.0. The summed E-state index contributed by atoms with van der Waals surface area (Å²) in [4.78, 5) is 20.8. The van der Waals surface area contributed by atoms with Crippen LogP contribution in [0.4, 0.5) is 13.2 Å². The number of pyridine rings is 1. The van der Waals surface area contributed by atoms with Crippen molar-refractivity contribution in [2.24, 2.45) is 0 Å². The largest absolute Gasteiger partial charge is 0.447 e. The molecule has 2 aromatic rings. The topological polar surface area (TPSA) is 48.5 Å². The number of nitrogens with zero attached hydrogens (tertiary/aromatic N) is 3. The maximum Gasteiger partial charge on any atom is 0.447 e. The third kappa shape index (κ3) is 6.73. The minimum Gasteiger partial charge on any atom is -0.348 e. The highest BCUT2D eigenvalue weighted by atomic mass is 32.2. The van der Waals surface area contributed by atoms with Crippen LogP contribution in [0.3, 0.4) is 0 Å². The summed E-state index contributed by atoms with van der Waals surface area (Å²) in [5.74, 6) is -0.575. The zero-order chi connectivity index (χ0) is 20.9. The van der Waals surface area contributed by atoms with E-state index in [1.165, 1.54) is 18.3 Å². The molecular formula is C20H23F3N4OS. The number of thioether (sulfide) groups is 1. The van der Waals surface area contributed by atoms with E-state index in [2.05, 4.69) is 27.1 Å². The number of hydrogen-bond donors (Lipinski definition) is 1. The van der Waals surface area contributed by atoms with Crippen molar-refractivity contribution < 1.29 is 18.0 Å². The number of aromatic nitrogens is 1. The Hall–Kier alpha value is -2.10. The Morgan fingerprint density at radius 1 is 1.14 bits per heavy atom. The molecule has 1 aliphatic rings. The number of hydrogen-bond acceptors (Lipinski definition) is 5. The molecule has 156 valence electrons. The fraction of sp³-hybridized carbons (Fsp3) is 0.400. The molecular weight excluding hydrogens is 401 g/mol. The van der Waals surface area contributed by atoms with Gasteiger partial charge in [-0.2, -0.15) is 13.2 Å². The van der Waals surface area contributed by atoms with Gasteiger partial charge in [-0.1, -0.05) is 24.3 Å². The Kier molecular flexibility index (Phi) is 7.15. The van der Waals surface area contributed by atoms with E-state index in [9.17, 15) is 18.0 Å². The van der Waals surface area contributed by atoms with E-state index < -0.39 is 11.4 Å². The van der Waals surface area contributed by atoms with Gasteiger partial charge >= 0.3 is 5.51 Å². The van der Waals surface area contributed by atoms with Gasteiger partial charge in [0.25, 0.3) is 5.91 Å². The molecule has 3 rings (SSSR count). The Balaban J connectivity index is 1.60. The number of carbonyl (C=O) groups is 1.